The molecular weight excluding hydrogens is 429 g/mol. The van der Waals surface area contributed by atoms with Crippen LogP contribution in [0, 0.1) is 5.82 Å². The van der Waals surface area contributed by atoms with E-state index < -0.39 is 16.1 Å². The Hall–Kier alpha value is -2.71. The van der Waals surface area contributed by atoms with E-state index in [0.29, 0.717) is 31.0 Å². The molecule has 32 heavy (non-hydrogen) atoms. The summed E-state index contributed by atoms with van der Waals surface area (Å²) in [6, 6.07) is 12.5. The first-order valence-corrected chi connectivity index (χ1v) is 12.5. The number of amides is 1. The lowest BCUT2D eigenvalue weighted by molar-refractivity contribution is -0.124. The number of halogens is 1. The minimum Gasteiger partial charge on any atom is -0.350 e. The summed E-state index contributed by atoms with van der Waals surface area (Å²) in [5.74, 6) is -0.452. The molecule has 170 valence electrons. The number of sulfonamides is 1. The van der Waals surface area contributed by atoms with Crippen LogP contribution in [0.25, 0.3) is 10.9 Å². The van der Waals surface area contributed by atoms with Gasteiger partial charge < -0.3 is 9.88 Å². The van der Waals surface area contributed by atoms with Gasteiger partial charge in [0.05, 0.1) is 4.90 Å². The molecule has 1 fully saturated rings. The summed E-state index contributed by atoms with van der Waals surface area (Å²) in [5.41, 5.74) is 1.63. The van der Waals surface area contributed by atoms with Gasteiger partial charge in [-0.1, -0.05) is 25.5 Å². The van der Waals surface area contributed by atoms with Gasteiger partial charge in [-0.2, -0.15) is 4.31 Å². The van der Waals surface area contributed by atoms with Gasteiger partial charge in [0.2, 0.25) is 15.9 Å². The van der Waals surface area contributed by atoms with Crippen molar-refractivity contribution in [1.29, 1.82) is 0 Å². The van der Waals surface area contributed by atoms with E-state index in [0.717, 1.165) is 35.7 Å². The molecule has 8 heteroatoms. The Morgan fingerprint density at radius 3 is 2.47 bits per heavy atom. The van der Waals surface area contributed by atoms with Gasteiger partial charge in [-0.3, -0.25) is 4.79 Å². The van der Waals surface area contributed by atoms with Crippen molar-refractivity contribution >= 4 is 26.8 Å². The summed E-state index contributed by atoms with van der Waals surface area (Å²) in [5, 5.41) is 3.70. The third-order valence-electron chi connectivity index (χ3n) is 6.05. The minimum absolute atomic E-state index is 0.140. The van der Waals surface area contributed by atoms with Crippen LogP contribution in [0.2, 0.25) is 0 Å². The Kier molecular flexibility index (Phi) is 6.62. The minimum atomic E-state index is -3.51. The zero-order chi connectivity index (χ0) is 22.7. The number of carbonyl (C=O) groups excluding carboxylic acids is 1. The fourth-order valence-corrected chi connectivity index (χ4v) is 5.80. The number of rotatable bonds is 7. The molecule has 2 heterocycles. The van der Waals surface area contributed by atoms with E-state index in [-0.39, 0.29) is 11.7 Å². The SMILES string of the molecule is CC[C@H](C(=O)NCc1ccc(F)cc1)n1ccc2cc(S(=O)(=O)N3CCCCC3)ccc21. The van der Waals surface area contributed by atoms with Crippen LogP contribution in [0.4, 0.5) is 4.39 Å². The quantitative estimate of drug-likeness (QED) is 0.577. The maximum absolute atomic E-state index is 13.1. The zero-order valence-electron chi connectivity index (χ0n) is 18.1. The van der Waals surface area contributed by atoms with Crippen molar-refractivity contribution in [3.8, 4) is 0 Å². The summed E-state index contributed by atoms with van der Waals surface area (Å²) in [6.07, 6.45) is 5.25. The standard InChI is InChI=1S/C24H28FN3O3S/c1-2-22(24(29)26-17-18-6-8-20(25)9-7-18)28-15-12-19-16-21(10-11-23(19)28)32(30,31)27-13-4-3-5-14-27/h6-12,15-16,22H,2-5,13-14,17H2,1H3,(H,26,29)/t22-/m1/s1. The number of benzene rings is 2. The molecule has 1 amide bonds. The molecule has 1 aliphatic heterocycles. The maximum atomic E-state index is 13.1. The number of nitrogens with zero attached hydrogens (tertiary/aromatic N) is 2. The van der Waals surface area contributed by atoms with E-state index in [1.807, 2.05) is 23.8 Å². The molecule has 1 aromatic heterocycles. The van der Waals surface area contributed by atoms with Crippen LogP contribution >= 0.6 is 0 Å². The smallest absolute Gasteiger partial charge is 0.243 e. The Morgan fingerprint density at radius 1 is 1.06 bits per heavy atom. The molecule has 4 rings (SSSR count). The number of aromatic nitrogens is 1. The van der Waals surface area contributed by atoms with Gasteiger partial charge in [0, 0.05) is 36.7 Å². The summed E-state index contributed by atoms with van der Waals surface area (Å²) in [4.78, 5) is 13.2. The highest BCUT2D eigenvalue weighted by molar-refractivity contribution is 7.89. The molecule has 0 bridgehead atoms. The van der Waals surface area contributed by atoms with Crippen LogP contribution in [-0.4, -0.2) is 36.3 Å². The summed E-state index contributed by atoms with van der Waals surface area (Å²) in [7, 11) is -3.51. The van der Waals surface area contributed by atoms with Crippen LogP contribution in [0.15, 0.2) is 59.6 Å². The van der Waals surface area contributed by atoms with Crippen LogP contribution < -0.4 is 5.32 Å². The molecule has 1 saturated heterocycles. The molecule has 0 radical (unpaired) electrons. The van der Waals surface area contributed by atoms with Gasteiger partial charge in [-0.25, -0.2) is 12.8 Å². The van der Waals surface area contributed by atoms with E-state index in [9.17, 15) is 17.6 Å². The molecular formula is C24H28FN3O3S. The molecule has 0 saturated carbocycles. The second kappa shape index (κ2) is 9.42. The maximum Gasteiger partial charge on any atom is 0.243 e. The average molecular weight is 458 g/mol. The van der Waals surface area contributed by atoms with Crippen molar-refractivity contribution in [1.82, 2.24) is 14.2 Å². The van der Waals surface area contributed by atoms with Crippen molar-refractivity contribution in [2.75, 3.05) is 13.1 Å². The highest BCUT2D eigenvalue weighted by Crippen LogP contribution is 2.27. The molecule has 1 atom stereocenters. The Balaban J connectivity index is 1.54. The third kappa shape index (κ3) is 4.56. The molecule has 0 aliphatic carbocycles. The predicted molar refractivity (Wildman–Crippen MR) is 122 cm³/mol. The monoisotopic (exact) mass is 457 g/mol. The molecule has 3 aromatic rings. The summed E-state index contributed by atoms with van der Waals surface area (Å²) >= 11 is 0. The predicted octanol–water partition coefficient (Wildman–Crippen LogP) is 4.22. The van der Waals surface area contributed by atoms with Crippen molar-refractivity contribution in [2.24, 2.45) is 0 Å². The van der Waals surface area contributed by atoms with E-state index in [1.165, 1.54) is 12.1 Å². The van der Waals surface area contributed by atoms with Gasteiger partial charge in [0.25, 0.3) is 0 Å². The average Bonchev–Trinajstić information content (AvgIpc) is 3.23. The van der Waals surface area contributed by atoms with Gasteiger partial charge in [-0.05, 0) is 61.2 Å². The second-order valence-corrected chi connectivity index (χ2v) is 10.1. The Labute approximate surface area is 188 Å². The van der Waals surface area contributed by atoms with E-state index in [2.05, 4.69) is 5.32 Å². The fourth-order valence-electron chi connectivity index (χ4n) is 4.25. The van der Waals surface area contributed by atoms with Gasteiger partial charge >= 0.3 is 0 Å². The van der Waals surface area contributed by atoms with E-state index in [4.69, 9.17) is 0 Å². The topological polar surface area (TPSA) is 71.4 Å². The van der Waals surface area contributed by atoms with Crippen molar-refractivity contribution in [2.45, 2.75) is 50.1 Å². The van der Waals surface area contributed by atoms with E-state index in [1.54, 1.807) is 34.6 Å². The molecule has 1 N–H and O–H groups in total. The van der Waals surface area contributed by atoms with Gasteiger partial charge in [0.15, 0.2) is 0 Å². The van der Waals surface area contributed by atoms with Crippen molar-refractivity contribution < 1.29 is 17.6 Å². The highest BCUT2D eigenvalue weighted by atomic mass is 32.2. The Morgan fingerprint density at radius 2 is 1.78 bits per heavy atom. The molecule has 1 aliphatic rings. The first-order chi connectivity index (χ1) is 15.4. The fraction of sp³-hybridized carbons (Fsp3) is 0.375. The lowest BCUT2D eigenvalue weighted by Crippen LogP contribution is -2.35. The molecule has 0 unspecified atom stereocenters. The molecule has 2 aromatic carbocycles. The third-order valence-corrected chi connectivity index (χ3v) is 7.94. The lowest BCUT2D eigenvalue weighted by Gasteiger charge is -2.26. The number of nitrogens with one attached hydrogen (secondary N) is 1. The van der Waals surface area contributed by atoms with Gasteiger partial charge in [0.1, 0.15) is 11.9 Å². The molecule has 6 nitrogen and oxygen atoms in total. The lowest BCUT2D eigenvalue weighted by atomic mass is 10.1. The Bertz CT molecular complexity index is 1200. The number of hydrogen-bond donors (Lipinski definition) is 1. The highest BCUT2D eigenvalue weighted by Gasteiger charge is 2.27. The summed E-state index contributed by atoms with van der Waals surface area (Å²) in [6.45, 7) is 3.37. The first-order valence-electron chi connectivity index (χ1n) is 11.0. The zero-order valence-corrected chi connectivity index (χ0v) is 18.9. The normalized spacial score (nSPS) is 16.2. The molecule has 0 spiro atoms. The van der Waals surface area contributed by atoms with Gasteiger partial charge in [-0.15, -0.1) is 0 Å². The number of carbonyl (C=O) groups is 1. The van der Waals surface area contributed by atoms with Crippen LogP contribution in [0.1, 0.15) is 44.2 Å². The van der Waals surface area contributed by atoms with Crippen molar-refractivity contribution in [3.05, 3.63) is 66.1 Å². The first kappa shape index (κ1) is 22.5. The summed E-state index contributed by atoms with van der Waals surface area (Å²) < 4.78 is 42.5. The second-order valence-electron chi connectivity index (χ2n) is 8.18. The largest absolute Gasteiger partial charge is 0.350 e. The number of piperidine rings is 1. The van der Waals surface area contributed by atoms with Crippen LogP contribution in [0.5, 0.6) is 0 Å². The number of fused-ring (bicyclic) bond motifs is 1. The van der Waals surface area contributed by atoms with Crippen LogP contribution in [0.3, 0.4) is 0 Å². The van der Waals surface area contributed by atoms with Crippen molar-refractivity contribution in [3.63, 3.8) is 0 Å². The van der Waals surface area contributed by atoms with Crippen LogP contribution in [-0.2, 0) is 21.4 Å². The number of hydrogen-bond acceptors (Lipinski definition) is 3. The van der Waals surface area contributed by atoms with E-state index >= 15 is 0 Å².